The zero-order valence-corrected chi connectivity index (χ0v) is 24.1. The first-order valence-electron chi connectivity index (χ1n) is 14.1. The summed E-state index contributed by atoms with van der Waals surface area (Å²) < 4.78 is 47.0. The summed E-state index contributed by atoms with van der Waals surface area (Å²) in [6.07, 6.45) is 4.67. The second kappa shape index (κ2) is 11.9. The molecule has 44 heavy (non-hydrogen) atoms. The van der Waals surface area contributed by atoms with Gasteiger partial charge in [-0.1, -0.05) is 28.9 Å². The number of aromatic amines is 1. The Kier molecular flexibility index (Phi) is 7.66. The van der Waals surface area contributed by atoms with Gasteiger partial charge in [-0.05, 0) is 48.7 Å². The molecular weight excluding hydrogens is 596 g/mol. The summed E-state index contributed by atoms with van der Waals surface area (Å²) >= 11 is 5.81. The van der Waals surface area contributed by atoms with Crippen molar-refractivity contribution in [2.45, 2.75) is 38.6 Å². The molecule has 1 fully saturated rings. The van der Waals surface area contributed by atoms with Gasteiger partial charge >= 0.3 is 11.8 Å². The minimum atomic E-state index is -0.620. The van der Waals surface area contributed by atoms with Crippen LogP contribution in [0.25, 0.3) is 28.0 Å². The first-order valence-corrected chi connectivity index (χ1v) is 14.5. The van der Waals surface area contributed by atoms with Crippen molar-refractivity contribution < 1.29 is 22.8 Å². The van der Waals surface area contributed by atoms with Crippen LogP contribution in [0.5, 0.6) is 6.01 Å². The van der Waals surface area contributed by atoms with Crippen molar-refractivity contribution in [1.82, 2.24) is 34.6 Å². The van der Waals surface area contributed by atoms with Gasteiger partial charge in [-0.25, -0.2) is 23.5 Å². The lowest BCUT2D eigenvalue weighted by molar-refractivity contribution is -0.0591. The molecule has 14 heteroatoms. The fraction of sp³-hybridized carbons (Fsp3) is 0.300. The molecule has 5 aromatic rings. The van der Waals surface area contributed by atoms with Crippen molar-refractivity contribution in [2.24, 2.45) is 0 Å². The van der Waals surface area contributed by atoms with E-state index < -0.39 is 17.4 Å². The van der Waals surface area contributed by atoms with E-state index in [4.69, 9.17) is 26.1 Å². The average molecular weight is 622 g/mol. The number of halogens is 3. The highest BCUT2D eigenvalue weighted by atomic mass is 35.5. The Morgan fingerprint density at radius 1 is 1.14 bits per heavy atom. The number of rotatable bonds is 9. The fourth-order valence-electron chi connectivity index (χ4n) is 5.33. The summed E-state index contributed by atoms with van der Waals surface area (Å²) in [4.78, 5) is 29.4. The number of fused-ring (bicyclic) bond motifs is 1. The van der Waals surface area contributed by atoms with Crippen molar-refractivity contribution in [3.8, 4) is 17.4 Å². The van der Waals surface area contributed by atoms with Crippen LogP contribution in [0, 0.1) is 11.6 Å². The van der Waals surface area contributed by atoms with E-state index in [1.165, 1.54) is 12.1 Å². The minimum absolute atomic E-state index is 0.0416. The Hall–Kier alpha value is -4.46. The van der Waals surface area contributed by atoms with Gasteiger partial charge in [0.25, 0.3) is 0 Å². The highest BCUT2D eigenvalue weighted by Crippen LogP contribution is 2.28. The monoisotopic (exact) mass is 621 g/mol. The van der Waals surface area contributed by atoms with E-state index >= 15 is 0 Å². The Bertz CT molecular complexity index is 1930. The number of H-pyrrole nitrogens is 1. The molecular formula is C30H26ClF2N7O4. The normalized spacial score (nSPS) is 17.1. The lowest BCUT2D eigenvalue weighted by Gasteiger charge is -2.29. The van der Waals surface area contributed by atoms with E-state index in [0.29, 0.717) is 44.0 Å². The number of ether oxygens (including phenoxy) is 2. The molecule has 2 aliphatic heterocycles. The number of nitrogens with one attached hydrogen (secondary N) is 1. The standard InChI is InChI=1S/C30H26ClF2N7O4/c31-20-3-1-19(22(32)12-20)16-43-29-34-13-23(33)27(36-29)17-5-8-39(9-6-17)15-26-35-24-11-18(28-37-30(41)44-38-28)2-4-25(24)40(26)14-21-7-10-42-21/h1-5,11-13,21H,6-10,14-16H2,(H,37,38,41)/t21-/m0/s1. The summed E-state index contributed by atoms with van der Waals surface area (Å²) in [5, 5.41) is 4.07. The maximum absolute atomic E-state index is 14.8. The number of benzene rings is 2. The molecule has 0 saturated carbocycles. The zero-order valence-electron chi connectivity index (χ0n) is 23.3. The van der Waals surface area contributed by atoms with Crippen LogP contribution in [0.4, 0.5) is 8.78 Å². The minimum Gasteiger partial charge on any atom is -0.458 e. The van der Waals surface area contributed by atoms with E-state index in [-0.39, 0.29) is 35.0 Å². The van der Waals surface area contributed by atoms with Crippen LogP contribution >= 0.6 is 11.6 Å². The number of hydrogen-bond acceptors (Lipinski definition) is 9. The van der Waals surface area contributed by atoms with Crippen LogP contribution in [-0.2, 0) is 24.4 Å². The predicted molar refractivity (Wildman–Crippen MR) is 156 cm³/mol. The van der Waals surface area contributed by atoms with Crippen LogP contribution in [0.15, 0.2) is 58.0 Å². The van der Waals surface area contributed by atoms with Crippen molar-refractivity contribution >= 4 is 28.2 Å². The molecule has 2 aromatic carbocycles. The first-order chi connectivity index (χ1) is 21.4. The zero-order chi connectivity index (χ0) is 30.2. The molecule has 226 valence electrons. The quantitative estimate of drug-likeness (QED) is 0.248. The Morgan fingerprint density at radius 2 is 2.02 bits per heavy atom. The number of imidazole rings is 1. The average Bonchev–Trinajstić information content (AvgIpc) is 3.58. The summed E-state index contributed by atoms with van der Waals surface area (Å²) in [6, 6.07) is 9.94. The molecule has 11 nitrogen and oxygen atoms in total. The molecule has 2 aliphatic rings. The second-order valence-electron chi connectivity index (χ2n) is 10.7. The van der Waals surface area contributed by atoms with E-state index in [9.17, 15) is 13.6 Å². The van der Waals surface area contributed by atoms with Gasteiger partial charge in [0.15, 0.2) is 11.6 Å². The predicted octanol–water partition coefficient (Wildman–Crippen LogP) is 4.76. The molecule has 3 aromatic heterocycles. The number of hydrogen-bond donors (Lipinski definition) is 1. The molecule has 7 rings (SSSR count). The highest BCUT2D eigenvalue weighted by molar-refractivity contribution is 6.30. The first kappa shape index (κ1) is 28.3. The fourth-order valence-corrected chi connectivity index (χ4v) is 5.49. The third-order valence-corrected chi connectivity index (χ3v) is 8.01. The molecule has 5 heterocycles. The van der Waals surface area contributed by atoms with Gasteiger partial charge in [0.1, 0.15) is 23.9 Å². The molecule has 0 bridgehead atoms. The summed E-state index contributed by atoms with van der Waals surface area (Å²) in [5.74, 6) is -0.468. The van der Waals surface area contributed by atoms with Crippen LogP contribution < -0.4 is 10.5 Å². The van der Waals surface area contributed by atoms with E-state index in [1.54, 1.807) is 6.07 Å². The van der Waals surface area contributed by atoms with Crippen LogP contribution in [0.3, 0.4) is 0 Å². The van der Waals surface area contributed by atoms with E-state index in [2.05, 4.69) is 34.1 Å². The van der Waals surface area contributed by atoms with Gasteiger partial charge in [-0.15, -0.1) is 0 Å². The Balaban J connectivity index is 1.08. The van der Waals surface area contributed by atoms with Crippen molar-refractivity contribution in [1.29, 1.82) is 0 Å². The molecule has 0 radical (unpaired) electrons. The van der Waals surface area contributed by atoms with Crippen LogP contribution in [0.2, 0.25) is 5.02 Å². The second-order valence-corrected chi connectivity index (χ2v) is 11.1. The van der Waals surface area contributed by atoms with Crippen LogP contribution in [0.1, 0.15) is 29.9 Å². The number of aromatic nitrogens is 6. The molecule has 1 N–H and O–H groups in total. The van der Waals surface area contributed by atoms with Crippen molar-refractivity contribution in [3.63, 3.8) is 0 Å². The summed E-state index contributed by atoms with van der Waals surface area (Å²) in [7, 11) is 0. The van der Waals surface area contributed by atoms with Crippen molar-refractivity contribution in [2.75, 3.05) is 19.7 Å². The number of nitrogens with zero attached hydrogens (tertiary/aromatic N) is 6. The van der Waals surface area contributed by atoms with Crippen molar-refractivity contribution in [3.05, 3.63) is 93.0 Å². The molecule has 0 aliphatic carbocycles. The molecule has 1 saturated heterocycles. The van der Waals surface area contributed by atoms with Gasteiger partial charge in [-0.2, -0.15) is 4.98 Å². The Morgan fingerprint density at radius 3 is 2.75 bits per heavy atom. The van der Waals surface area contributed by atoms with Gasteiger partial charge in [0.2, 0.25) is 0 Å². The van der Waals surface area contributed by atoms with E-state index in [0.717, 1.165) is 41.7 Å². The molecule has 0 amide bonds. The highest BCUT2D eigenvalue weighted by Gasteiger charge is 2.24. The maximum Gasteiger partial charge on any atom is 0.439 e. The lowest BCUT2D eigenvalue weighted by Crippen LogP contribution is -2.33. The third-order valence-electron chi connectivity index (χ3n) is 7.78. The smallest absolute Gasteiger partial charge is 0.439 e. The van der Waals surface area contributed by atoms with Gasteiger partial charge in [0, 0.05) is 35.8 Å². The largest absolute Gasteiger partial charge is 0.458 e. The molecule has 1 atom stereocenters. The third kappa shape index (κ3) is 5.85. The lowest BCUT2D eigenvalue weighted by atomic mass is 10.0. The van der Waals surface area contributed by atoms with Gasteiger partial charge < -0.3 is 14.0 Å². The SMILES string of the molecule is O=c1[nH]c(-c2ccc3c(c2)nc(CN2CC=C(c4nc(OCc5ccc(Cl)cc5F)ncc4F)CC2)n3C[C@@H]2CCO2)no1. The summed E-state index contributed by atoms with van der Waals surface area (Å²) in [6.45, 7) is 3.08. The molecule has 0 unspecified atom stereocenters. The van der Waals surface area contributed by atoms with Gasteiger partial charge in [0.05, 0.1) is 36.4 Å². The summed E-state index contributed by atoms with van der Waals surface area (Å²) in [5.41, 5.74) is 3.61. The Labute approximate surface area is 254 Å². The molecule has 0 spiro atoms. The van der Waals surface area contributed by atoms with Gasteiger partial charge in [-0.3, -0.25) is 14.4 Å². The topological polar surface area (TPSA) is 124 Å². The van der Waals surface area contributed by atoms with Crippen LogP contribution in [-0.4, -0.2) is 60.4 Å². The van der Waals surface area contributed by atoms with E-state index in [1.807, 2.05) is 24.3 Å². The maximum atomic E-state index is 14.8.